The number of nitrogens with zero attached hydrogens (tertiary/aromatic N) is 1. The Morgan fingerprint density at radius 3 is 2.36 bits per heavy atom. The van der Waals surface area contributed by atoms with Gasteiger partial charge in [-0.15, -0.1) is 0 Å². The number of likely N-dealkylation sites (tertiary alicyclic amines) is 1. The summed E-state index contributed by atoms with van der Waals surface area (Å²) in [4.78, 5) is 27.3. The van der Waals surface area contributed by atoms with E-state index in [0.717, 1.165) is 11.1 Å². The molecule has 0 saturated carbocycles. The molecule has 8 heteroatoms. The minimum absolute atomic E-state index is 0.0222. The summed E-state index contributed by atoms with van der Waals surface area (Å²) < 4.78 is 30.1. The summed E-state index contributed by atoms with van der Waals surface area (Å²) in [7, 11) is 1.22. The predicted molar refractivity (Wildman–Crippen MR) is 129 cm³/mol. The Balaban J connectivity index is 1.53. The molecule has 1 amide bonds. The van der Waals surface area contributed by atoms with Crippen LogP contribution in [0.4, 0.5) is 9.18 Å². The molecule has 1 aliphatic rings. The molecule has 1 N–H and O–H groups in total. The number of rotatable bonds is 8. The minimum Gasteiger partial charge on any atom is -0.489 e. The third-order valence-corrected chi connectivity index (χ3v) is 6.45. The van der Waals surface area contributed by atoms with Crippen molar-refractivity contribution in [2.24, 2.45) is 0 Å². The number of amides is 1. The Morgan fingerprint density at radius 1 is 1.00 bits per heavy atom. The molecule has 1 fully saturated rings. The fraction of sp³-hybridized carbons (Fsp3) is 0.286. The Labute approximate surface area is 209 Å². The van der Waals surface area contributed by atoms with Crippen molar-refractivity contribution in [1.29, 1.82) is 0 Å². The molecule has 0 spiro atoms. The average Bonchev–Trinajstić information content (AvgIpc) is 3.32. The summed E-state index contributed by atoms with van der Waals surface area (Å²) in [5.74, 6) is -0.513. The lowest BCUT2D eigenvalue weighted by atomic mass is 9.98. The first-order chi connectivity index (χ1) is 17.5. The quantitative estimate of drug-likeness (QED) is 0.455. The van der Waals surface area contributed by atoms with Crippen LogP contribution in [-0.4, -0.2) is 41.3 Å². The topological polar surface area (TPSA) is 85.3 Å². The highest BCUT2D eigenvalue weighted by Gasteiger charge is 2.56. The van der Waals surface area contributed by atoms with Crippen LogP contribution in [0.25, 0.3) is 0 Å². The normalized spacial score (nSPS) is 19.1. The van der Waals surface area contributed by atoms with Crippen LogP contribution >= 0.6 is 0 Å². The van der Waals surface area contributed by atoms with Gasteiger partial charge in [0.15, 0.2) is 5.54 Å². The second kappa shape index (κ2) is 11.2. The van der Waals surface area contributed by atoms with Crippen molar-refractivity contribution >= 4 is 12.1 Å². The summed E-state index contributed by atoms with van der Waals surface area (Å²) in [5.41, 5.74) is 0.429. The van der Waals surface area contributed by atoms with Gasteiger partial charge in [0.1, 0.15) is 24.8 Å². The Hall–Kier alpha value is -3.91. The molecule has 1 aliphatic heterocycles. The highest BCUT2D eigenvalue weighted by atomic mass is 19.1. The molecule has 0 unspecified atom stereocenters. The molecule has 0 aliphatic carbocycles. The van der Waals surface area contributed by atoms with Crippen molar-refractivity contribution in [3.8, 4) is 5.75 Å². The number of aliphatic hydroxyl groups is 1. The van der Waals surface area contributed by atoms with Gasteiger partial charge in [-0.1, -0.05) is 60.7 Å². The molecule has 2 atom stereocenters. The lowest BCUT2D eigenvalue weighted by Crippen LogP contribution is -2.56. The Morgan fingerprint density at radius 2 is 1.69 bits per heavy atom. The lowest BCUT2D eigenvalue weighted by molar-refractivity contribution is -0.156. The zero-order valence-corrected chi connectivity index (χ0v) is 19.9. The molecule has 36 heavy (non-hydrogen) atoms. The van der Waals surface area contributed by atoms with E-state index in [1.165, 1.54) is 18.1 Å². The predicted octanol–water partition coefficient (Wildman–Crippen LogP) is 4.78. The number of hydrogen-bond acceptors (Lipinski definition) is 6. The van der Waals surface area contributed by atoms with Gasteiger partial charge >= 0.3 is 12.1 Å². The van der Waals surface area contributed by atoms with E-state index in [1.807, 2.05) is 30.3 Å². The van der Waals surface area contributed by atoms with Crippen LogP contribution in [-0.2, 0) is 27.5 Å². The van der Waals surface area contributed by atoms with Crippen molar-refractivity contribution < 1.29 is 33.3 Å². The molecule has 1 saturated heterocycles. The van der Waals surface area contributed by atoms with Crippen molar-refractivity contribution in [3.63, 3.8) is 0 Å². The molecular formula is C28H28FNO6. The van der Waals surface area contributed by atoms with E-state index in [0.29, 0.717) is 17.7 Å². The van der Waals surface area contributed by atoms with Gasteiger partial charge in [-0.05, 0) is 42.2 Å². The van der Waals surface area contributed by atoms with Crippen molar-refractivity contribution in [3.05, 3.63) is 101 Å². The summed E-state index contributed by atoms with van der Waals surface area (Å²) in [5, 5.41) is 10.2. The monoisotopic (exact) mass is 493 g/mol. The largest absolute Gasteiger partial charge is 0.489 e. The SMILES string of the molecule is COC(=O)[C@]1(CO)CC[C@H](c2ccc(OCc3ccccc3F)cc2)N1C(=O)OCc1ccccc1. The van der Waals surface area contributed by atoms with Crippen LogP contribution < -0.4 is 4.74 Å². The number of hydrogen-bond donors (Lipinski definition) is 1. The van der Waals surface area contributed by atoms with Gasteiger partial charge in [-0.2, -0.15) is 0 Å². The second-order valence-electron chi connectivity index (χ2n) is 8.60. The number of methoxy groups -OCH3 is 1. The van der Waals surface area contributed by atoms with Crippen LogP contribution in [0.3, 0.4) is 0 Å². The molecule has 0 bridgehead atoms. The van der Waals surface area contributed by atoms with E-state index in [2.05, 4.69) is 0 Å². The molecule has 4 rings (SSSR count). The Kier molecular flexibility index (Phi) is 7.85. The maximum atomic E-state index is 13.9. The summed E-state index contributed by atoms with van der Waals surface area (Å²) >= 11 is 0. The van der Waals surface area contributed by atoms with Gasteiger partial charge in [0.2, 0.25) is 0 Å². The van der Waals surface area contributed by atoms with Gasteiger partial charge in [0.05, 0.1) is 19.8 Å². The van der Waals surface area contributed by atoms with Gasteiger partial charge in [-0.25, -0.2) is 14.0 Å². The molecule has 3 aromatic carbocycles. The minimum atomic E-state index is -1.55. The highest BCUT2D eigenvalue weighted by Crippen LogP contribution is 2.44. The first kappa shape index (κ1) is 25.2. The first-order valence-corrected chi connectivity index (χ1v) is 11.6. The van der Waals surface area contributed by atoms with E-state index in [-0.39, 0.29) is 25.5 Å². The van der Waals surface area contributed by atoms with Gasteiger partial charge < -0.3 is 19.3 Å². The van der Waals surface area contributed by atoms with Crippen LogP contribution in [0, 0.1) is 5.82 Å². The summed E-state index contributed by atoms with van der Waals surface area (Å²) in [6.07, 6.45) is -0.0843. The molecule has 1 heterocycles. The first-order valence-electron chi connectivity index (χ1n) is 11.6. The van der Waals surface area contributed by atoms with Gasteiger partial charge in [0.25, 0.3) is 0 Å². The number of esters is 1. The summed E-state index contributed by atoms with van der Waals surface area (Å²) in [6.45, 7) is -0.502. The fourth-order valence-corrected chi connectivity index (χ4v) is 4.50. The molecule has 0 radical (unpaired) electrons. The maximum Gasteiger partial charge on any atom is 0.411 e. The van der Waals surface area contributed by atoms with E-state index < -0.39 is 30.3 Å². The molecule has 3 aromatic rings. The zero-order chi connectivity index (χ0) is 25.5. The average molecular weight is 494 g/mol. The van der Waals surface area contributed by atoms with Crippen molar-refractivity contribution in [1.82, 2.24) is 4.90 Å². The van der Waals surface area contributed by atoms with Crippen LogP contribution in [0.2, 0.25) is 0 Å². The lowest BCUT2D eigenvalue weighted by Gasteiger charge is -2.36. The van der Waals surface area contributed by atoms with E-state index >= 15 is 0 Å². The van der Waals surface area contributed by atoms with Crippen molar-refractivity contribution in [2.75, 3.05) is 13.7 Å². The molecule has 0 aromatic heterocycles. The van der Waals surface area contributed by atoms with Gasteiger partial charge in [0, 0.05) is 5.56 Å². The number of carbonyl (C=O) groups is 2. The third kappa shape index (κ3) is 5.18. The zero-order valence-electron chi connectivity index (χ0n) is 19.9. The van der Waals surface area contributed by atoms with E-state index in [1.54, 1.807) is 42.5 Å². The number of halogens is 1. The number of aliphatic hydroxyl groups excluding tert-OH is 1. The molecular weight excluding hydrogens is 465 g/mol. The Bertz CT molecular complexity index is 1190. The van der Waals surface area contributed by atoms with E-state index in [9.17, 15) is 19.1 Å². The van der Waals surface area contributed by atoms with E-state index in [4.69, 9.17) is 14.2 Å². The van der Waals surface area contributed by atoms with Crippen LogP contribution in [0.15, 0.2) is 78.9 Å². The molecule has 7 nitrogen and oxygen atoms in total. The van der Waals surface area contributed by atoms with Crippen LogP contribution in [0.5, 0.6) is 5.75 Å². The number of benzene rings is 3. The smallest absolute Gasteiger partial charge is 0.411 e. The number of carbonyl (C=O) groups excluding carboxylic acids is 2. The van der Waals surface area contributed by atoms with Crippen LogP contribution in [0.1, 0.15) is 35.6 Å². The number of ether oxygens (including phenoxy) is 3. The second-order valence-corrected chi connectivity index (χ2v) is 8.60. The van der Waals surface area contributed by atoms with Gasteiger partial charge in [-0.3, -0.25) is 4.90 Å². The fourth-order valence-electron chi connectivity index (χ4n) is 4.50. The molecule has 188 valence electrons. The summed E-state index contributed by atoms with van der Waals surface area (Å²) in [6, 6.07) is 22.1. The third-order valence-electron chi connectivity index (χ3n) is 6.45. The van der Waals surface area contributed by atoms with Crippen molar-refractivity contribution in [2.45, 2.75) is 37.6 Å². The standard InChI is InChI=1S/C28H28FNO6/c1-34-26(32)28(19-31)16-15-25(30(28)27(33)36-17-20-7-3-2-4-8-20)21-11-13-23(14-12-21)35-18-22-9-5-6-10-24(22)29/h2-14,25,31H,15-19H2,1H3/t25-,28-/m1/s1. The highest BCUT2D eigenvalue weighted by molar-refractivity contribution is 5.87. The maximum absolute atomic E-state index is 13.9.